The van der Waals surface area contributed by atoms with Crippen LogP contribution >= 0.6 is 15.9 Å². The van der Waals surface area contributed by atoms with Gasteiger partial charge in [0.1, 0.15) is 5.69 Å². The molecule has 5 heteroatoms. The van der Waals surface area contributed by atoms with E-state index < -0.39 is 0 Å². The second-order valence-electron chi connectivity index (χ2n) is 4.88. The van der Waals surface area contributed by atoms with E-state index in [1.54, 1.807) is 12.3 Å². The molecule has 1 amide bonds. The number of hydrogen-bond donors (Lipinski definition) is 1. The minimum absolute atomic E-state index is 0.118. The number of nitrogens with one attached hydrogen (secondary N) is 1. The molecule has 4 nitrogen and oxygen atoms in total. The molecule has 0 fully saturated rings. The Morgan fingerprint density at radius 1 is 1.45 bits per heavy atom. The lowest BCUT2D eigenvalue weighted by atomic mass is 10.1. The van der Waals surface area contributed by atoms with Crippen molar-refractivity contribution in [2.45, 2.75) is 39.7 Å². The first-order chi connectivity index (χ1) is 9.58. The van der Waals surface area contributed by atoms with E-state index in [2.05, 4.69) is 45.0 Å². The molecular weight excluding hydrogens is 318 g/mol. The van der Waals surface area contributed by atoms with Gasteiger partial charge in [-0.15, -0.1) is 0 Å². The van der Waals surface area contributed by atoms with Crippen molar-refractivity contribution in [3.8, 4) is 0 Å². The molecule has 1 atom stereocenters. The molecule has 0 saturated carbocycles. The van der Waals surface area contributed by atoms with E-state index in [-0.39, 0.29) is 11.9 Å². The monoisotopic (exact) mass is 341 g/mol. The van der Waals surface area contributed by atoms with E-state index in [0.717, 1.165) is 36.9 Å². The number of pyridine rings is 1. The number of carbonyl (C=O) groups is 1. The molecule has 0 aromatic carbocycles. The first kappa shape index (κ1) is 17.1. The summed E-state index contributed by atoms with van der Waals surface area (Å²) in [7, 11) is 0. The molecule has 0 aliphatic carbocycles. The lowest BCUT2D eigenvalue weighted by molar-refractivity contribution is 0.0931. The topological polar surface area (TPSA) is 45.2 Å². The highest BCUT2D eigenvalue weighted by Gasteiger charge is 2.13. The lowest BCUT2D eigenvalue weighted by Crippen LogP contribution is -2.34. The van der Waals surface area contributed by atoms with E-state index in [4.69, 9.17) is 0 Å². The van der Waals surface area contributed by atoms with Crippen LogP contribution in [-0.2, 0) is 0 Å². The zero-order valence-electron chi connectivity index (χ0n) is 12.5. The van der Waals surface area contributed by atoms with Crippen molar-refractivity contribution in [2.75, 3.05) is 19.6 Å². The van der Waals surface area contributed by atoms with Crippen LogP contribution < -0.4 is 5.32 Å². The Bertz CT molecular complexity index is 421. The molecule has 0 radical (unpaired) electrons. The third-order valence-electron chi connectivity index (χ3n) is 3.36. The summed E-state index contributed by atoms with van der Waals surface area (Å²) in [5, 5.41) is 3.00. The predicted octanol–water partition coefficient (Wildman–Crippen LogP) is 3.08. The number of carbonyl (C=O) groups excluding carboxylic acids is 1. The quantitative estimate of drug-likeness (QED) is 0.790. The van der Waals surface area contributed by atoms with Crippen LogP contribution in [0.5, 0.6) is 0 Å². The van der Waals surface area contributed by atoms with Gasteiger partial charge in [0, 0.05) is 16.7 Å². The summed E-state index contributed by atoms with van der Waals surface area (Å²) in [6.45, 7) is 9.63. The van der Waals surface area contributed by atoms with Crippen LogP contribution in [-0.4, -0.2) is 41.5 Å². The molecule has 1 rings (SSSR count). The summed E-state index contributed by atoms with van der Waals surface area (Å²) in [6, 6.07) is 3.79. The van der Waals surface area contributed by atoms with Crippen LogP contribution in [0.2, 0.25) is 0 Å². The number of hydrogen-bond acceptors (Lipinski definition) is 3. The van der Waals surface area contributed by atoms with Gasteiger partial charge in [-0.2, -0.15) is 0 Å². The normalized spacial score (nSPS) is 12.4. The van der Waals surface area contributed by atoms with Gasteiger partial charge in [-0.3, -0.25) is 4.79 Å². The molecule has 1 aromatic rings. The third kappa shape index (κ3) is 5.59. The second kappa shape index (κ2) is 9.08. The zero-order valence-corrected chi connectivity index (χ0v) is 14.1. The summed E-state index contributed by atoms with van der Waals surface area (Å²) >= 11 is 3.35. The van der Waals surface area contributed by atoms with E-state index >= 15 is 0 Å². The van der Waals surface area contributed by atoms with Crippen molar-refractivity contribution in [2.24, 2.45) is 0 Å². The molecule has 0 aliphatic heterocycles. The fourth-order valence-corrected chi connectivity index (χ4v) is 2.51. The Hall–Kier alpha value is -0.940. The highest BCUT2D eigenvalue weighted by molar-refractivity contribution is 9.10. The maximum absolute atomic E-state index is 12.1. The highest BCUT2D eigenvalue weighted by atomic mass is 79.9. The summed E-state index contributed by atoms with van der Waals surface area (Å²) < 4.78 is 0.729. The van der Waals surface area contributed by atoms with Gasteiger partial charge in [-0.05, 0) is 67.5 Å². The van der Waals surface area contributed by atoms with Gasteiger partial charge in [0.15, 0.2) is 0 Å². The minimum atomic E-state index is -0.118. The Labute approximate surface area is 130 Å². The van der Waals surface area contributed by atoms with Gasteiger partial charge in [0.2, 0.25) is 0 Å². The van der Waals surface area contributed by atoms with Crippen LogP contribution in [0.1, 0.15) is 44.1 Å². The minimum Gasteiger partial charge on any atom is -0.348 e. The van der Waals surface area contributed by atoms with Crippen LogP contribution in [0.25, 0.3) is 0 Å². The van der Waals surface area contributed by atoms with Crippen LogP contribution in [0, 0.1) is 0 Å². The van der Waals surface area contributed by atoms with Gasteiger partial charge >= 0.3 is 0 Å². The van der Waals surface area contributed by atoms with Crippen molar-refractivity contribution < 1.29 is 4.79 Å². The Morgan fingerprint density at radius 3 is 2.75 bits per heavy atom. The largest absolute Gasteiger partial charge is 0.348 e. The van der Waals surface area contributed by atoms with Crippen molar-refractivity contribution in [3.63, 3.8) is 0 Å². The van der Waals surface area contributed by atoms with Gasteiger partial charge in [-0.25, -0.2) is 4.98 Å². The summed E-state index contributed by atoms with van der Waals surface area (Å²) in [5.74, 6) is -0.118. The Balaban J connectivity index is 2.37. The van der Waals surface area contributed by atoms with Crippen LogP contribution in [0.4, 0.5) is 0 Å². The fraction of sp³-hybridized carbons (Fsp3) is 0.600. The Kier molecular flexibility index (Phi) is 7.77. The van der Waals surface area contributed by atoms with E-state index in [1.165, 1.54) is 0 Å². The van der Waals surface area contributed by atoms with E-state index in [0.29, 0.717) is 5.69 Å². The second-order valence-corrected chi connectivity index (χ2v) is 5.73. The van der Waals surface area contributed by atoms with Crippen molar-refractivity contribution in [3.05, 3.63) is 28.5 Å². The maximum atomic E-state index is 12.1. The molecule has 1 heterocycles. The van der Waals surface area contributed by atoms with Crippen molar-refractivity contribution >= 4 is 21.8 Å². The van der Waals surface area contributed by atoms with Gasteiger partial charge < -0.3 is 10.2 Å². The molecule has 0 bridgehead atoms. The van der Waals surface area contributed by atoms with Crippen molar-refractivity contribution in [1.82, 2.24) is 15.2 Å². The van der Waals surface area contributed by atoms with Gasteiger partial charge in [0.25, 0.3) is 5.91 Å². The molecule has 1 unspecified atom stereocenters. The summed E-state index contributed by atoms with van der Waals surface area (Å²) in [6.07, 6.45) is 3.70. The van der Waals surface area contributed by atoms with E-state index in [9.17, 15) is 4.79 Å². The molecule has 0 saturated heterocycles. The predicted molar refractivity (Wildman–Crippen MR) is 85.9 cm³/mol. The van der Waals surface area contributed by atoms with Crippen LogP contribution in [0.3, 0.4) is 0 Å². The molecule has 0 spiro atoms. The lowest BCUT2D eigenvalue weighted by Gasteiger charge is -2.19. The first-order valence-electron chi connectivity index (χ1n) is 7.22. The molecular formula is C15H24BrN3O. The number of rotatable bonds is 8. The fourth-order valence-electron chi connectivity index (χ4n) is 2.08. The number of aromatic nitrogens is 1. The number of amides is 1. The zero-order chi connectivity index (χ0) is 15.0. The molecule has 20 heavy (non-hydrogen) atoms. The molecule has 0 aliphatic rings. The number of nitrogens with zero attached hydrogens (tertiary/aromatic N) is 2. The Morgan fingerprint density at radius 2 is 2.15 bits per heavy atom. The average Bonchev–Trinajstić information content (AvgIpc) is 2.44. The highest BCUT2D eigenvalue weighted by Crippen LogP contribution is 2.13. The summed E-state index contributed by atoms with van der Waals surface area (Å²) in [4.78, 5) is 18.6. The SMILES string of the molecule is CCN(CC)CCCC(C)NC(=O)c1ncccc1Br. The van der Waals surface area contributed by atoms with Gasteiger partial charge in [0.05, 0.1) is 0 Å². The first-order valence-corrected chi connectivity index (χ1v) is 8.01. The molecule has 1 aromatic heterocycles. The van der Waals surface area contributed by atoms with E-state index in [1.807, 2.05) is 13.0 Å². The molecule has 112 valence electrons. The van der Waals surface area contributed by atoms with Crippen LogP contribution in [0.15, 0.2) is 22.8 Å². The molecule has 1 N–H and O–H groups in total. The third-order valence-corrected chi connectivity index (χ3v) is 4.00. The van der Waals surface area contributed by atoms with Crippen molar-refractivity contribution in [1.29, 1.82) is 0 Å². The number of halogens is 1. The average molecular weight is 342 g/mol. The maximum Gasteiger partial charge on any atom is 0.271 e. The summed E-state index contributed by atoms with van der Waals surface area (Å²) in [5.41, 5.74) is 0.447. The standard InChI is InChI=1S/C15H24BrN3O/c1-4-19(5-2)11-7-8-12(3)18-15(20)14-13(16)9-6-10-17-14/h6,9-10,12H,4-5,7-8,11H2,1-3H3,(H,18,20). The van der Waals surface area contributed by atoms with Gasteiger partial charge in [-0.1, -0.05) is 13.8 Å². The smallest absolute Gasteiger partial charge is 0.271 e.